The average molecular weight is 286 g/mol. The Morgan fingerprint density at radius 3 is 2.68 bits per heavy atom. The summed E-state index contributed by atoms with van der Waals surface area (Å²) >= 11 is 5.71. The molecule has 104 valence electrons. The first-order valence-corrected chi connectivity index (χ1v) is 6.41. The van der Waals surface area contributed by atoms with E-state index in [1.807, 2.05) is 20.8 Å². The Hall–Kier alpha value is -1.69. The molecule has 0 aliphatic heterocycles. The van der Waals surface area contributed by atoms with Gasteiger partial charge in [0, 0.05) is 18.8 Å². The van der Waals surface area contributed by atoms with Crippen LogP contribution >= 0.6 is 11.6 Å². The largest absolute Gasteiger partial charge is 0.336 e. The minimum atomic E-state index is -0.674. The van der Waals surface area contributed by atoms with E-state index >= 15 is 0 Å². The number of amides is 1. The molecule has 0 N–H and O–H groups in total. The molecule has 1 rings (SSSR count). The number of carbonyl (C=O) groups excluding carboxylic acids is 1. The van der Waals surface area contributed by atoms with E-state index in [0.717, 1.165) is 6.42 Å². The molecule has 0 radical (unpaired) electrons. The van der Waals surface area contributed by atoms with E-state index in [-0.39, 0.29) is 16.8 Å². The summed E-state index contributed by atoms with van der Waals surface area (Å²) in [6, 6.07) is 1.33. The van der Waals surface area contributed by atoms with Crippen LogP contribution in [0.5, 0.6) is 0 Å². The molecule has 1 heterocycles. The maximum Gasteiger partial charge on any atom is 0.319 e. The Bertz CT molecular complexity index is 493. The maximum atomic E-state index is 12.4. The number of carbonyl (C=O) groups is 1. The lowest BCUT2D eigenvalue weighted by atomic mass is 10.1. The number of nitro groups is 1. The molecule has 0 saturated carbocycles. The summed E-state index contributed by atoms with van der Waals surface area (Å²) in [5.74, 6) is -0.396. The van der Waals surface area contributed by atoms with Gasteiger partial charge < -0.3 is 4.90 Å². The van der Waals surface area contributed by atoms with Crippen LogP contribution in [0, 0.1) is 10.1 Å². The van der Waals surface area contributed by atoms with Crippen molar-refractivity contribution in [2.45, 2.75) is 33.2 Å². The fourth-order valence-electron chi connectivity index (χ4n) is 1.81. The van der Waals surface area contributed by atoms with Crippen LogP contribution in [0.1, 0.15) is 37.6 Å². The van der Waals surface area contributed by atoms with E-state index in [4.69, 9.17) is 11.6 Å². The first-order valence-electron chi connectivity index (χ1n) is 6.03. The number of hydrogen-bond acceptors (Lipinski definition) is 4. The van der Waals surface area contributed by atoms with E-state index in [0.29, 0.717) is 6.54 Å². The van der Waals surface area contributed by atoms with Crippen molar-refractivity contribution in [3.05, 3.63) is 33.1 Å². The second kappa shape index (κ2) is 6.47. The molecule has 0 bridgehead atoms. The molecule has 0 aliphatic rings. The molecule has 0 saturated heterocycles. The van der Waals surface area contributed by atoms with Gasteiger partial charge in [-0.3, -0.25) is 14.9 Å². The third-order valence-corrected chi connectivity index (χ3v) is 3.29. The molecular formula is C12H16ClN3O3. The van der Waals surface area contributed by atoms with E-state index < -0.39 is 16.5 Å². The minimum Gasteiger partial charge on any atom is -0.336 e. The zero-order valence-electron chi connectivity index (χ0n) is 11.1. The van der Waals surface area contributed by atoms with Crippen molar-refractivity contribution in [2.75, 3.05) is 6.54 Å². The summed E-state index contributed by atoms with van der Waals surface area (Å²) in [6.45, 7) is 6.16. The quantitative estimate of drug-likeness (QED) is 0.473. The van der Waals surface area contributed by atoms with Gasteiger partial charge >= 0.3 is 5.69 Å². The number of halogens is 1. The molecule has 0 aliphatic carbocycles. The van der Waals surface area contributed by atoms with Crippen LogP contribution in [0.2, 0.25) is 5.15 Å². The van der Waals surface area contributed by atoms with Crippen LogP contribution in [-0.2, 0) is 0 Å². The van der Waals surface area contributed by atoms with Crippen molar-refractivity contribution in [1.29, 1.82) is 0 Å². The summed E-state index contributed by atoms with van der Waals surface area (Å²) in [5.41, 5.74) is -0.455. The third-order valence-electron chi connectivity index (χ3n) is 3.02. The summed E-state index contributed by atoms with van der Waals surface area (Å²) in [6.07, 6.45) is 2.07. The Balaban J connectivity index is 3.26. The molecule has 1 amide bonds. The normalized spacial score (nSPS) is 12.0. The lowest BCUT2D eigenvalue weighted by molar-refractivity contribution is -0.385. The molecule has 1 aromatic heterocycles. The highest BCUT2D eigenvalue weighted by Gasteiger charge is 2.29. The van der Waals surface area contributed by atoms with Crippen molar-refractivity contribution in [3.63, 3.8) is 0 Å². The summed E-state index contributed by atoms with van der Waals surface area (Å²) in [7, 11) is 0. The lowest BCUT2D eigenvalue weighted by Gasteiger charge is -2.27. The van der Waals surface area contributed by atoms with Gasteiger partial charge in [0.15, 0.2) is 0 Å². The Kier molecular flexibility index (Phi) is 5.23. The monoisotopic (exact) mass is 285 g/mol. The summed E-state index contributed by atoms with van der Waals surface area (Å²) in [4.78, 5) is 28.0. The molecule has 6 nitrogen and oxygen atoms in total. The molecule has 1 unspecified atom stereocenters. The van der Waals surface area contributed by atoms with Gasteiger partial charge in [0.25, 0.3) is 5.91 Å². The molecule has 0 aromatic carbocycles. The molecule has 0 spiro atoms. The van der Waals surface area contributed by atoms with Crippen LogP contribution in [0.4, 0.5) is 5.69 Å². The average Bonchev–Trinajstić information content (AvgIpc) is 2.38. The van der Waals surface area contributed by atoms with Gasteiger partial charge in [-0.2, -0.15) is 0 Å². The first kappa shape index (κ1) is 15.4. The van der Waals surface area contributed by atoms with E-state index in [9.17, 15) is 14.9 Å². The number of hydrogen-bond donors (Lipinski definition) is 0. The second-order valence-electron chi connectivity index (χ2n) is 4.10. The number of rotatable bonds is 5. The number of nitrogens with zero attached hydrogens (tertiary/aromatic N) is 3. The second-order valence-corrected chi connectivity index (χ2v) is 4.46. The van der Waals surface area contributed by atoms with Crippen molar-refractivity contribution in [2.24, 2.45) is 0 Å². The summed E-state index contributed by atoms with van der Waals surface area (Å²) < 4.78 is 0. The fraction of sp³-hybridized carbons (Fsp3) is 0.500. The highest BCUT2D eigenvalue weighted by molar-refractivity contribution is 6.32. The van der Waals surface area contributed by atoms with Gasteiger partial charge in [0.1, 0.15) is 5.56 Å². The topological polar surface area (TPSA) is 76.3 Å². The summed E-state index contributed by atoms with van der Waals surface area (Å²) in [5, 5.41) is 10.7. The van der Waals surface area contributed by atoms with Gasteiger partial charge in [-0.05, 0) is 26.3 Å². The smallest absolute Gasteiger partial charge is 0.319 e. The Morgan fingerprint density at radius 2 is 2.21 bits per heavy atom. The van der Waals surface area contributed by atoms with Crippen LogP contribution in [-0.4, -0.2) is 33.3 Å². The van der Waals surface area contributed by atoms with Crippen LogP contribution in [0.3, 0.4) is 0 Å². The van der Waals surface area contributed by atoms with Gasteiger partial charge in [0.2, 0.25) is 5.15 Å². The standard InChI is InChI=1S/C12H16ClN3O3/c1-4-8(3)15(5-2)12(17)9-6-7-14-11(13)10(9)16(18)19/h6-8H,4-5H2,1-3H3. The van der Waals surface area contributed by atoms with E-state index in [2.05, 4.69) is 4.98 Å². The molecule has 1 aromatic rings. The van der Waals surface area contributed by atoms with Gasteiger partial charge in [-0.25, -0.2) is 4.98 Å². The predicted octanol–water partition coefficient (Wildman–Crippen LogP) is 2.90. The van der Waals surface area contributed by atoms with Gasteiger partial charge in [0.05, 0.1) is 4.92 Å². The zero-order valence-corrected chi connectivity index (χ0v) is 11.8. The van der Waals surface area contributed by atoms with Gasteiger partial charge in [-0.1, -0.05) is 18.5 Å². The maximum absolute atomic E-state index is 12.4. The number of pyridine rings is 1. The van der Waals surface area contributed by atoms with E-state index in [1.165, 1.54) is 12.3 Å². The van der Waals surface area contributed by atoms with Crippen LogP contribution in [0.25, 0.3) is 0 Å². The number of aromatic nitrogens is 1. The molecule has 0 fully saturated rings. The molecule has 1 atom stereocenters. The van der Waals surface area contributed by atoms with Crippen molar-refractivity contribution >= 4 is 23.2 Å². The van der Waals surface area contributed by atoms with Crippen LogP contribution < -0.4 is 0 Å². The molecular weight excluding hydrogens is 270 g/mol. The molecule has 7 heteroatoms. The van der Waals surface area contributed by atoms with Crippen molar-refractivity contribution in [3.8, 4) is 0 Å². The lowest BCUT2D eigenvalue weighted by Crippen LogP contribution is -2.38. The van der Waals surface area contributed by atoms with Gasteiger partial charge in [-0.15, -0.1) is 0 Å². The molecule has 19 heavy (non-hydrogen) atoms. The predicted molar refractivity (Wildman–Crippen MR) is 72.4 cm³/mol. The first-order chi connectivity index (χ1) is 8.93. The highest BCUT2D eigenvalue weighted by Crippen LogP contribution is 2.27. The highest BCUT2D eigenvalue weighted by atomic mass is 35.5. The zero-order chi connectivity index (χ0) is 14.6. The Labute approximate surface area is 116 Å². The SMILES string of the molecule is CCC(C)N(CC)C(=O)c1ccnc(Cl)c1[N+](=O)[O-]. The fourth-order valence-corrected chi connectivity index (χ4v) is 2.03. The van der Waals surface area contributed by atoms with Crippen molar-refractivity contribution in [1.82, 2.24) is 9.88 Å². The van der Waals surface area contributed by atoms with Crippen molar-refractivity contribution < 1.29 is 9.72 Å². The Morgan fingerprint density at radius 1 is 1.58 bits per heavy atom. The third kappa shape index (κ3) is 3.20. The minimum absolute atomic E-state index is 0.00375. The van der Waals surface area contributed by atoms with Crippen LogP contribution in [0.15, 0.2) is 12.3 Å². The van der Waals surface area contributed by atoms with E-state index in [1.54, 1.807) is 4.90 Å².